The Hall–Kier alpha value is -6.85. The van der Waals surface area contributed by atoms with Gasteiger partial charge in [0.2, 0.25) is 0 Å². The van der Waals surface area contributed by atoms with Crippen molar-refractivity contribution in [2.75, 3.05) is 0 Å². The molecule has 0 spiro atoms. The fraction of sp³-hybridized carbons (Fsp3) is 0. The highest BCUT2D eigenvalue weighted by Gasteiger charge is 2.20. The minimum absolute atomic E-state index is 0.629. The third-order valence-electron chi connectivity index (χ3n) is 9.37. The summed E-state index contributed by atoms with van der Waals surface area (Å²) in [6, 6.07) is 53.6. The van der Waals surface area contributed by atoms with Crippen LogP contribution < -0.4 is 0 Å². The first-order valence-electron chi connectivity index (χ1n) is 16.6. The zero-order chi connectivity index (χ0) is 33.0. The number of aromatic nitrogens is 3. The Morgan fingerprint density at radius 1 is 0.380 bits per heavy atom. The normalized spacial score (nSPS) is 11.6. The van der Waals surface area contributed by atoms with E-state index in [-0.39, 0.29) is 0 Å². The Morgan fingerprint density at radius 2 is 1.08 bits per heavy atom. The molecule has 5 heteroatoms. The van der Waals surface area contributed by atoms with Gasteiger partial charge in [0.25, 0.3) is 0 Å². The molecule has 50 heavy (non-hydrogen) atoms. The van der Waals surface area contributed by atoms with E-state index in [0.29, 0.717) is 5.82 Å². The highest BCUT2D eigenvalue weighted by atomic mass is 16.3. The average molecular weight is 642 g/mol. The molecule has 0 aliphatic carbocycles. The molecule has 234 valence electrons. The minimum atomic E-state index is 0.629. The monoisotopic (exact) mass is 641 g/mol. The maximum absolute atomic E-state index is 6.72. The van der Waals surface area contributed by atoms with Crippen LogP contribution in [-0.4, -0.2) is 15.0 Å². The van der Waals surface area contributed by atoms with Crippen LogP contribution in [0.5, 0.6) is 0 Å². The van der Waals surface area contributed by atoms with Gasteiger partial charge in [-0.05, 0) is 65.7 Å². The molecule has 10 rings (SSSR count). The van der Waals surface area contributed by atoms with Crippen LogP contribution in [0.2, 0.25) is 0 Å². The first-order valence-corrected chi connectivity index (χ1v) is 16.6. The summed E-state index contributed by atoms with van der Waals surface area (Å²) in [5.74, 6) is 0.629. The molecule has 0 fully saturated rings. The molecule has 0 aliphatic rings. The van der Waals surface area contributed by atoms with Crippen LogP contribution in [-0.2, 0) is 0 Å². The van der Waals surface area contributed by atoms with Gasteiger partial charge in [0.1, 0.15) is 22.3 Å². The van der Waals surface area contributed by atoms with E-state index >= 15 is 0 Å². The van der Waals surface area contributed by atoms with Gasteiger partial charge in [-0.25, -0.2) is 9.97 Å². The van der Waals surface area contributed by atoms with Crippen molar-refractivity contribution >= 4 is 43.9 Å². The molecule has 0 atom stereocenters. The van der Waals surface area contributed by atoms with E-state index in [0.717, 1.165) is 94.3 Å². The number of rotatable bonds is 5. The van der Waals surface area contributed by atoms with Gasteiger partial charge in [-0.3, -0.25) is 4.98 Å². The first kappa shape index (κ1) is 28.2. The van der Waals surface area contributed by atoms with Gasteiger partial charge in [0, 0.05) is 50.0 Å². The van der Waals surface area contributed by atoms with E-state index in [1.165, 1.54) is 0 Å². The van der Waals surface area contributed by atoms with Crippen molar-refractivity contribution in [1.82, 2.24) is 15.0 Å². The fourth-order valence-corrected chi connectivity index (χ4v) is 6.99. The molecule has 10 aromatic rings. The quantitative estimate of drug-likeness (QED) is 0.187. The van der Waals surface area contributed by atoms with Crippen molar-refractivity contribution in [1.29, 1.82) is 0 Å². The maximum atomic E-state index is 6.72. The third kappa shape index (κ3) is 4.67. The van der Waals surface area contributed by atoms with E-state index in [1.807, 2.05) is 72.9 Å². The second kappa shape index (κ2) is 11.4. The highest BCUT2D eigenvalue weighted by Crippen LogP contribution is 2.43. The van der Waals surface area contributed by atoms with Crippen LogP contribution in [0.3, 0.4) is 0 Å². The second-order valence-corrected chi connectivity index (χ2v) is 12.4. The largest absolute Gasteiger partial charge is 0.456 e. The number of pyridine rings is 1. The summed E-state index contributed by atoms with van der Waals surface area (Å²) >= 11 is 0. The lowest BCUT2D eigenvalue weighted by Crippen LogP contribution is -1.97. The van der Waals surface area contributed by atoms with Crippen molar-refractivity contribution in [2.45, 2.75) is 0 Å². The molecule has 5 nitrogen and oxygen atoms in total. The standard InChI is InChI=1S/C45H27N3O2/c1-2-11-28(12-3-1)38-27-39(48-45(47-38)31-14-10-13-30(25-31)37-17-8-9-24-46-37)34-22-21-32(43-35-16-5-7-19-41(35)50-44(34)43)29-20-23-42-36(26-29)33-15-4-6-18-40(33)49-42/h1-27H. The van der Waals surface area contributed by atoms with Crippen LogP contribution in [0, 0.1) is 0 Å². The van der Waals surface area contributed by atoms with E-state index in [1.54, 1.807) is 0 Å². The van der Waals surface area contributed by atoms with Gasteiger partial charge in [0.15, 0.2) is 5.82 Å². The highest BCUT2D eigenvalue weighted by molar-refractivity contribution is 6.17. The minimum Gasteiger partial charge on any atom is -0.456 e. The van der Waals surface area contributed by atoms with Crippen molar-refractivity contribution in [3.05, 3.63) is 164 Å². The lowest BCUT2D eigenvalue weighted by atomic mass is 9.95. The van der Waals surface area contributed by atoms with E-state index in [9.17, 15) is 0 Å². The summed E-state index contributed by atoms with van der Waals surface area (Å²) in [6.07, 6.45) is 1.81. The number of fused-ring (bicyclic) bond motifs is 6. The summed E-state index contributed by atoms with van der Waals surface area (Å²) in [4.78, 5) is 14.9. The van der Waals surface area contributed by atoms with Crippen LogP contribution in [0.1, 0.15) is 0 Å². The SMILES string of the molecule is c1ccc(-c2cc(-c3ccc(-c4ccc5oc6ccccc6c5c4)c4c3oc3ccccc34)nc(-c3cccc(-c4ccccn4)c3)n2)cc1. The summed E-state index contributed by atoms with van der Waals surface area (Å²) in [5, 5.41) is 4.29. The Kier molecular flexibility index (Phi) is 6.42. The van der Waals surface area contributed by atoms with Crippen molar-refractivity contribution in [3.8, 4) is 56.3 Å². The number of hydrogen-bond donors (Lipinski definition) is 0. The molecule has 0 N–H and O–H groups in total. The zero-order valence-electron chi connectivity index (χ0n) is 26.7. The molecule has 0 radical (unpaired) electrons. The predicted octanol–water partition coefficient (Wildman–Crippen LogP) is 12.0. The number of hydrogen-bond acceptors (Lipinski definition) is 5. The Bertz CT molecular complexity index is 2870. The third-order valence-corrected chi connectivity index (χ3v) is 9.37. The van der Waals surface area contributed by atoms with E-state index < -0.39 is 0 Å². The number of benzene rings is 6. The summed E-state index contributed by atoms with van der Waals surface area (Å²) in [6.45, 7) is 0. The summed E-state index contributed by atoms with van der Waals surface area (Å²) < 4.78 is 12.9. The lowest BCUT2D eigenvalue weighted by Gasteiger charge is -2.12. The van der Waals surface area contributed by atoms with Gasteiger partial charge >= 0.3 is 0 Å². The molecular formula is C45H27N3O2. The molecule has 0 saturated heterocycles. The first-order chi connectivity index (χ1) is 24.8. The second-order valence-electron chi connectivity index (χ2n) is 12.4. The van der Waals surface area contributed by atoms with Crippen molar-refractivity contribution in [2.24, 2.45) is 0 Å². The van der Waals surface area contributed by atoms with E-state index in [2.05, 4.69) is 96.0 Å². The van der Waals surface area contributed by atoms with Gasteiger partial charge < -0.3 is 8.83 Å². The van der Waals surface area contributed by atoms with E-state index in [4.69, 9.17) is 18.8 Å². The van der Waals surface area contributed by atoms with Gasteiger partial charge in [0.05, 0.1) is 17.1 Å². The molecule has 0 aliphatic heterocycles. The number of nitrogens with zero attached hydrogens (tertiary/aromatic N) is 3. The average Bonchev–Trinajstić information content (AvgIpc) is 3.77. The number of para-hydroxylation sites is 2. The summed E-state index contributed by atoms with van der Waals surface area (Å²) in [5.41, 5.74) is 11.9. The molecule has 6 aromatic carbocycles. The Balaban J connectivity index is 1.20. The number of furan rings is 2. The molecule has 4 heterocycles. The smallest absolute Gasteiger partial charge is 0.160 e. The topological polar surface area (TPSA) is 65.0 Å². The van der Waals surface area contributed by atoms with Crippen molar-refractivity contribution < 1.29 is 8.83 Å². The van der Waals surface area contributed by atoms with Crippen LogP contribution in [0.4, 0.5) is 0 Å². The molecule has 0 amide bonds. The van der Waals surface area contributed by atoms with Gasteiger partial charge in [-0.15, -0.1) is 0 Å². The van der Waals surface area contributed by atoms with Crippen molar-refractivity contribution in [3.63, 3.8) is 0 Å². The van der Waals surface area contributed by atoms with Gasteiger partial charge in [-0.1, -0.05) is 103 Å². The molecular weight excluding hydrogens is 615 g/mol. The summed E-state index contributed by atoms with van der Waals surface area (Å²) in [7, 11) is 0. The van der Waals surface area contributed by atoms with Gasteiger partial charge in [-0.2, -0.15) is 0 Å². The van der Waals surface area contributed by atoms with Crippen LogP contribution in [0.25, 0.3) is 100 Å². The molecule has 4 aromatic heterocycles. The Labute approximate surface area is 287 Å². The molecule has 0 saturated carbocycles. The van der Waals surface area contributed by atoms with Crippen LogP contribution in [0.15, 0.2) is 173 Å². The Morgan fingerprint density at radius 3 is 1.94 bits per heavy atom. The predicted molar refractivity (Wildman–Crippen MR) is 202 cm³/mol. The lowest BCUT2D eigenvalue weighted by molar-refractivity contribution is 0.669. The molecule has 0 bridgehead atoms. The van der Waals surface area contributed by atoms with Crippen LogP contribution >= 0.6 is 0 Å². The zero-order valence-corrected chi connectivity index (χ0v) is 26.7. The fourth-order valence-electron chi connectivity index (χ4n) is 6.99. The molecule has 0 unspecified atom stereocenters. The maximum Gasteiger partial charge on any atom is 0.160 e.